The highest BCUT2D eigenvalue weighted by Gasteiger charge is 2.12. The molecule has 0 aliphatic heterocycles. The molecule has 2 atom stereocenters. The fourth-order valence-corrected chi connectivity index (χ4v) is 2.69. The second-order valence-electron chi connectivity index (χ2n) is 6.62. The van der Waals surface area contributed by atoms with E-state index in [9.17, 15) is 9.50 Å². The molecule has 0 saturated heterocycles. The van der Waals surface area contributed by atoms with Crippen LogP contribution < -0.4 is 24.8 Å². The molecular formula is C22H31FIN3O4. The van der Waals surface area contributed by atoms with Crippen LogP contribution in [0.3, 0.4) is 0 Å². The molecule has 172 valence electrons. The van der Waals surface area contributed by atoms with E-state index >= 15 is 0 Å². The highest BCUT2D eigenvalue weighted by atomic mass is 127. The van der Waals surface area contributed by atoms with Gasteiger partial charge in [-0.15, -0.1) is 24.0 Å². The molecule has 2 unspecified atom stereocenters. The third-order valence-electron chi connectivity index (χ3n) is 4.25. The maximum absolute atomic E-state index is 13.7. The zero-order valence-electron chi connectivity index (χ0n) is 18.2. The van der Waals surface area contributed by atoms with Crippen LogP contribution in [0.25, 0.3) is 0 Å². The van der Waals surface area contributed by atoms with Gasteiger partial charge in [0.25, 0.3) is 0 Å². The molecule has 31 heavy (non-hydrogen) atoms. The Hall–Kier alpha value is -2.27. The monoisotopic (exact) mass is 547 g/mol. The largest absolute Gasteiger partial charge is 0.497 e. The molecule has 0 bridgehead atoms. The first-order valence-corrected chi connectivity index (χ1v) is 9.81. The van der Waals surface area contributed by atoms with E-state index < -0.39 is 11.9 Å². The zero-order chi connectivity index (χ0) is 21.9. The van der Waals surface area contributed by atoms with Crippen molar-refractivity contribution in [3.8, 4) is 17.2 Å². The van der Waals surface area contributed by atoms with Gasteiger partial charge in [0.2, 0.25) is 0 Å². The van der Waals surface area contributed by atoms with Gasteiger partial charge < -0.3 is 30.0 Å². The van der Waals surface area contributed by atoms with Gasteiger partial charge in [-0.1, -0.05) is 12.1 Å². The van der Waals surface area contributed by atoms with Gasteiger partial charge in [0.05, 0.1) is 33.4 Å². The summed E-state index contributed by atoms with van der Waals surface area (Å²) in [6.45, 7) is 4.97. The van der Waals surface area contributed by atoms with Crippen LogP contribution in [0, 0.1) is 5.82 Å². The number of ether oxygens (including phenoxy) is 3. The summed E-state index contributed by atoms with van der Waals surface area (Å²) in [7, 11) is 3.11. The molecule has 0 aromatic heterocycles. The van der Waals surface area contributed by atoms with Crippen molar-refractivity contribution in [1.29, 1.82) is 0 Å². The van der Waals surface area contributed by atoms with Crippen molar-refractivity contribution in [2.24, 2.45) is 4.99 Å². The van der Waals surface area contributed by atoms with Crippen LogP contribution in [0.1, 0.15) is 25.5 Å². The maximum atomic E-state index is 13.7. The van der Waals surface area contributed by atoms with Gasteiger partial charge in [-0.05, 0) is 43.7 Å². The molecular weight excluding hydrogens is 516 g/mol. The fourth-order valence-electron chi connectivity index (χ4n) is 2.69. The quantitative estimate of drug-likeness (QED) is 0.240. The van der Waals surface area contributed by atoms with Gasteiger partial charge in [-0.25, -0.2) is 4.39 Å². The minimum absolute atomic E-state index is 0. The number of aliphatic imine (C=N–C) groups is 1. The number of aliphatic hydroxyl groups is 1. The highest BCUT2D eigenvalue weighted by molar-refractivity contribution is 14.0. The van der Waals surface area contributed by atoms with Crippen LogP contribution in [0.5, 0.6) is 17.2 Å². The molecule has 0 saturated carbocycles. The molecule has 3 N–H and O–H groups in total. The Labute approximate surface area is 200 Å². The summed E-state index contributed by atoms with van der Waals surface area (Å²) in [5, 5.41) is 16.8. The molecule has 0 amide bonds. The summed E-state index contributed by atoms with van der Waals surface area (Å²) >= 11 is 0. The lowest BCUT2D eigenvalue weighted by Gasteiger charge is -2.18. The van der Waals surface area contributed by atoms with E-state index in [1.54, 1.807) is 50.6 Å². The van der Waals surface area contributed by atoms with Crippen molar-refractivity contribution >= 4 is 29.9 Å². The molecule has 2 rings (SSSR count). The first-order chi connectivity index (χ1) is 14.5. The molecule has 0 radical (unpaired) electrons. The van der Waals surface area contributed by atoms with Crippen LogP contribution >= 0.6 is 24.0 Å². The Bertz CT molecular complexity index is 816. The standard InChI is InChI=1S/C22H30FN3O4.HI/c1-5-24-22(25-13-15(2)30-21-9-7-6-8-19(21)23)26-14-20(27)16-10-17(28-3)12-18(11-16)29-4;/h6-12,15,20,27H,5,13-14H2,1-4H3,(H2,24,25,26);1H. The first kappa shape index (κ1) is 26.8. The Morgan fingerprint density at radius 3 is 2.32 bits per heavy atom. The number of aliphatic hydroxyl groups excluding tert-OH is 1. The summed E-state index contributed by atoms with van der Waals surface area (Å²) in [5.41, 5.74) is 0.641. The van der Waals surface area contributed by atoms with Crippen LogP contribution in [0.15, 0.2) is 47.5 Å². The van der Waals surface area contributed by atoms with Crippen molar-refractivity contribution in [1.82, 2.24) is 10.6 Å². The molecule has 0 heterocycles. The van der Waals surface area contributed by atoms with Gasteiger partial charge in [0.15, 0.2) is 17.5 Å². The molecule has 0 fully saturated rings. The van der Waals surface area contributed by atoms with Crippen molar-refractivity contribution in [3.05, 3.63) is 53.8 Å². The van der Waals surface area contributed by atoms with E-state index in [1.807, 2.05) is 13.8 Å². The van der Waals surface area contributed by atoms with Gasteiger partial charge in [-0.2, -0.15) is 0 Å². The number of rotatable bonds is 10. The summed E-state index contributed by atoms with van der Waals surface area (Å²) in [5.74, 6) is 1.52. The summed E-state index contributed by atoms with van der Waals surface area (Å²) in [4.78, 5) is 4.43. The number of para-hydroxylation sites is 1. The smallest absolute Gasteiger partial charge is 0.191 e. The molecule has 9 heteroatoms. The average Bonchev–Trinajstić information content (AvgIpc) is 2.76. The minimum Gasteiger partial charge on any atom is -0.497 e. The van der Waals surface area contributed by atoms with Gasteiger partial charge in [0.1, 0.15) is 17.6 Å². The van der Waals surface area contributed by atoms with Crippen molar-refractivity contribution in [2.45, 2.75) is 26.1 Å². The number of methoxy groups -OCH3 is 2. The number of nitrogens with one attached hydrogen (secondary N) is 2. The van der Waals surface area contributed by atoms with E-state index in [1.165, 1.54) is 6.07 Å². The highest BCUT2D eigenvalue weighted by Crippen LogP contribution is 2.26. The zero-order valence-corrected chi connectivity index (χ0v) is 20.6. The van der Waals surface area contributed by atoms with Gasteiger partial charge >= 0.3 is 0 Å². The summed E-state index contributed by atoms with van der Waals surface area (Å²) in [6, 6.07) is 11.5. The Balaban J connectivity index is 0.00000480. The van der Waals surface area contributed by atoms with E-state index in [0.717, 1.165) is 0 Å². The van der Waals surface area contributed by atoms with Crippen LogP contribution in [-0.2, 0) is 0 Å². The van der Waals surface area contributed by atoms with E-state index in [4.69, 9.17) is 14.2 Å². The van der Waals surface area contributed by atoms with Crippen LogP contribution in [0.4, 0.5) is 4.39 Å². The second-order valence-corrected chi connectivity index (χ2v) is 6.62. The minimum atomic E-state index is -0.837. The molecule has 0 spiro atoms. The first-order valence-electron chi connectivity index (χ1n) is 9.81. The predicted octanol–water partition coefficient (Wildman–Crippen LogP) is 3.52. The molecule has 7 nitrogen and oxygen atoms in total. The lowest BCUT2D eigenvalue weighted by Crippen LogP contribution is -2.42. The third-order valence-corrected chi connectivity index (χ3v) is 4.25. The summed E-state index contributed by atoms with van der Waals surface area (Å²) in [6.07, 6.45) is -1.13. The fraction of sp³-hybridized carbons (Fsp3) is 0.409. The predicted molar refractivity (Wildman–Crippen MR) is 130 cm³/mol. The van der Waals surface area contributed by atoms with E-state index in [2.05, 4.69) is 15.6 Å². The molecule has 0 aliphatic rings. The Morgan fingerprint density at radius 1 is 1.10 bits per heavy atom. The number of benzene rings is 2. The summed E-state index contributed by atoms with van der Waals surface area (Å²) < 4.78 is 29.8. The SMILES string of the molecule is CCNC(=NCC(O)c1cc(OC)cc(OC)c1)NCC(C)Oc1ccccc1F.I. The average molecular weight is 547 g/mol. The lowest BCUT2D eigenvalue weighted by molar-refractivity contribution is 0.186. The number of hydrogen-bond donors (Lipinski definition) is 3. The molecule has 2 aromatic carbocycles. The van der Waals surface area contributed by atoms with Gasteiger partial charge in [-0.3, -0.25) is 4.99 Å². The van der Waals surface area contributed by atoms with Crippen LogP contribution in [-0.4, -0.2) is 51.0 Å². The molecule has 0 aliphatic carbocycles. The normalized spacial score (nSPS) is 12.9. The van der Waals surface area contributed by atoms with E-state index in [0.29, 0.717) is 36.1 Å². The topological polar surface area (TPSA) is 84.3 Å². The number of guanidine groups is 1. The second kappa shape index (κ2) is 13.9. The van der Waals surface area contributed by atoms with Crippen LogP contribution in [0.2, 0.25) is 0 Å². The van der Waals surface area contributed by atoms with Crippen molar-refractivity contribution in [3.63, 3.8) is 0 Å². The third kappa shape index (κ3) is 8.78. The van der Waals surface area contributed by atoms with Crippen molar-refractivity contribution in [2.75, 3.05) is 33.9 Å². The number of halogens is 2. The number of nitrogens with zero attached hydrogens (tertiary/aromatic N) is 1. The Kier molecular flexibility index (Phi) is 12.0. The lowest BCUT2D eigenvalue weighted by atomic mass is 10.1. The van der Waals surface area contributed by atoms with E-state index in [-0.39, 0.29) is 42.4 Å². The maximum Gasteiger partial charge on any atom is 0.191 e. The number of hydrogen-bond acceptors (Lipinski definition) is 5. The molecule has 2 aromatic rings. The Morgan fingerprint density at radius 2 is 1.74 bits per heavy atom. The van der Waals surface area contributed by atoms with Gasteiger partial charge in [0, 0.05) is 12.6 Å². The van der Waals surface area contributed by atoms with Crippen molar-refractivity contribution < 1.29 is 23.7 Å².